The van der Waals surface area contributed by atoms with E-state index in [-0.39, 0.29) is 23.0 Å². The van der Waals surface area contributed by atoms with Gasteiger partial charge in [-0.2, -0.15) is 0 Å². The van der Waals surface area contributed by atoms with Gasteiger partial charge in [0.2, 0.25) is 5.91 Å². The fourth-order valence-corrected chi connectivity index (χ4v) is 5.73. The molecule has 4 rings (SSSR count). The number of rotatable bonds is 9. The Kier molecular flexibility index (Phi) is 8.73. The van der Waals surface area contributed by atoms with Gasteiger partial charge < -0.3 is 5.32 Å². The number of aromatic nitrogens is 2. The van der Waals surface area contributed by atoms with Crippen molar-refractivity contribution in [2.45, 2.75) is 11.6 Å². The molecule has 0 saturated carbocycles. The van der Waals surface area contributed by atoms with Crippen LogP contribution in [0.5, 0.6) is 0 Å². The number of nitrogens with zero attached hydrogens (tertiary/aromatic N) is 2. The van der Waals surface area contributed by atoms with Gasteiger partial charge in [0.05, 0.1) is 22.3 Å². The first-order valence-corrected chi connectivity index (χ1v) is 13.5. The Morgan fingerprint density at radius 3 is 2.60 bits per heavy atom. The topological polar surface area (TPSA) is 64.0 Å². The molecule has 3 aromatic carbocycles. The van der Waals surface area contributed by atoms with Crippen molar-refractivity contribution < 1.29 is 9.18 Å². The number of para-hydroxylation sites is 1. The molecule has 1 N–H and O–H groups in total. The average molecular weight is 548 g/mol. The summed E-state index contributed by atoms with van der Waals surface area (Å²) in [6.07, 6.45) is 0.603. The molecule has 0 radical (unpaired) electrons. The van der Waals surface area contributed by atoms with E-state index in [0.717, 1.165) is 5.56 Å². The van der Waals surface area contributed by atoms with Crippen LogP contribution in [0.4, 0.5) is 4.39 Å². The zero-order valence-electron chi connectivity index (χ0n) is 18.3. The van der Waals surface area contributed by atoms with E-state index in [1.165, 1.54) is 40.2 Å². The van der Waals surface area contributed by atoms with Crippen molar-refractivity contribution in [3.8, 4) is 5.69 Å². The van der Waals surface area contributed by atoms with Gasteiger partial charge in [0.25, 0.3) is 5.56 Å². The fourth-order valence-electron chi connectivity index (χ4n) is 3.37. The molecule has 35 heavy (non-hydrogen) atoms. The number of nitrogens with one attached hydrogen (secondary N) is 1. The smallest absolute Gasteiger partial charge is 0.266 e. The molecule has 0 aliphatic rings. The summed E-state index contributed by atoms with van der Waals surface area (Å²) in [7, 11) is 0. The lowest BCUT2D eigenvalue weighted by molar-refractivity contribution is -0.118. The van der Waals surface area contributed by atoms with Crippen LogP contribution >= 0.6 is 46.7 Å². The first kappa shape index (κ1) is 25.6. The number of benzene rings is 3. The third kappa shape index (κ3) is 6.58. The SMILES string of the molecule is O=C(CSCSc1nc2ccccc2c(=O)n1-c1ccc(F)cc1)NCCc1ccc(Cl)cc1Cl. The van der Waals surface area contributed by atoms with E-state index in [1.54, 1.807) is 42.5 Å². The third-order valence-corrected chi connectivity index (χ3v) is 7.79. The van der Waals surface area contributed by atoms with E-state index >= 15 is 0 Å². The number of amides is 1. The van der Waals surface area contributed by atoms with Crippen LogP contribution in [0.3, 0.4) is 0 Å². The lowest BCUT2D eigenvalue weighted by Gasteiger charge is -2.13. The zero-order valence-corrected chi connectivity index (χ0v) is 21.5. The highest BCUT2D eigenvalue weighted by atomic mass is 35.5. The quantitative estimate of drug-likeness (QED) is 0.121. The lowest BCUT2D eigenvalue weighted by Crippen LogP contribution is -2.27. The predicted molar refractivity (Wildman–Crippen MR) is 144 cm³/mol. The van der Waals surface area contributed by atoms with Crippen molar-refractivity contribution in [2.24, 2.45) is 0 Å². The maximum Gasteiger partial charge on any atom is 0.266 e. The van der Waals surface area contributed by atoms with Crippen LogP contribution < -0.4 is 10.9 Å². The number of carbonyl (C=O) groups excluding carboxylic acids is 1. The molecule has 5 nitrogen and oxygen atoms in total. The maximum atomic E-state index is 13.4. The van der Waals surface area contributed by atoms with Gasteiger partial charge in [-0.25, -0.2) is 9.37 Å². The van der Waals surface area contributed by atoms with E-state index in [1.807, 2.05) is 12.1 Å². The second-order valence-electron chi connectivity index (χ2n) is 7.47. The highest BCUT2D eigenvalue weighted by molar-refractivity contribution is 8.16. The first-order valence-electron chi connectivity index (χ1n) is 10.6. The van der Waals surface area contributed by atoms with E-state index in [4.69, 9.17) is 23.2 Å². The molecule has 0 spiro atoms. The molecule has 4 aromatic rings. The number of fused-ring (bicyclic) bond motifs is 1. The summed E-state index contributed by atoms with van der Waals surface area (Å²) >= 11 is 14.8. The van der Waals surface area contributed by atoms with Crippen molar-refractivity contribution >= 4 is 63.5 Å². The molecule has 0 aliphatic heterocycles. The summed E-state index contributed by atoms with van der Waals surface area (Å²) in [5, 5.41) is 5.49. The molecule has 1 heterocycles. The standard InChI is InChI=1S/C25H20Cl2FN3O2S2/c26-17-6-5-16(21(27)13-17)11-12-29-23(32)14-34-15-35-25-30-22-4-2-1-3-20(22)24(33)31(25)19-9-7-18(28)8-10-19/h1-10,13H,11-12,14-15H2,(H,29,32). The van der Waals surface area contributed by atoms with E-state index in [9.17, 15) is 14.0 Å². The molecular formula is C25H20Cl2FN3O2S2. The number of carbonyl (C=O) groups is 1. The summed E-state index contributed by atoms with van der Waals surface area (Å²) in [4.78, 5) is 30.1. The molecule has 0 bridgehead atoms. The molecule has 0 aliphatic carbocycles. The van der Waals surface area contributed by atoms with Crippen LogP contribution in [0, 0.1) is 5.82 Å². The van der Waals surface area contributed by atoms with Gasteiger partial charge >= 0.3 is 0 Å². The van der Waals surface area contributed by atoms with Gasteiger partial charge in [0.1, 0.15) is 5.82 Å². The number of thioether (sulfide) groups is 2. The zero-order chi connectivity index (χ0) is 24.8. The minimum Gasteiger partial charge on any atom is -0.355 e. The Morgan fingerprint density at radius 1 is 1.06 bits per heavy atom. The Morgan fingerprint density at radius 2 is 1.83 bits per heavy atom. The van der Waals surface area contributed by atoms with Gasteiger partial charge in [-0.05, 0) is 60.5 Å². The number of halogens is 3. The second-order valence-corrected chi connectivity index (χ2v) is 10.6. The number of hydrogen-bond donors (Lipinski definition) is 1. The molecule has 0 unspecified atom stereocenters. The molecule has 1 aromatic heterocycles. The van der Waals surface area contributed by atoms with E-state index in [0.29, 0.717) is 49.8 Å². The maximum absolute atomic E-state index is 13.4. The Hall–Kier alpha value is -2.52. The van der Waals surface area contributed by atoms with Crippen LogP contribution in [0.1, 0.15) is 5.56 Å². The number of hydrogen-bond acceptors (Lipinski definition) is 5. The largest absolute Gasteiger partial charge is 0.355 e. The van der Waals surface area contributed by atoms with Gasteiger partial charge in [0.15, 0.2) is 5.16 Å². The normalized spacial score (nSPS) is 11.1. The Labute approximate surface area is 220 Å². The van der Waals surface area contributed by atoms with Crippen molar-refractivity contribution in [1.29, 1.82) is 0 Å². The van der Waals surface area contributed by atoms with Crippen LogP contribution in [0.25, 0.3) is 16.6 Å². The summed E-state index contributed by atoms with van der Waals surface area (Å²) in [5.41, 5.74) is 1.80. The first-order chi connectivity index (χ1) is 16.9. The van der Waals surface area contributed by atoms with Crippen molar-refractivity contribution in [3.05, 3.63) is 98.5 Å². The van der Waals surface area contributed by atoms with Gasteiger partial charge in [0, 0.05) is 21.7 Å². The fraction of sp³-hybridized carbons (Fsp3) is 0.160. The van der Waals surface area contributed by atoms with Crippen molar-refractivity contribution in [2.75, 3.05) is 17.4 Å². The molecule has 1 amide bonds. The predicted octanol–water partition coefficient (Wildman–Crippen LogP) is 5.97. The van der Waals surface area contributed by atoms with Crippen LogP contribution in [0.15, 0.2) is 76.7 Å². The van der Waals surface area contributed by atoms with Crippen molar-refractivity contribution in [1.82, 2.24) is 14.9 Å². The molecule has 0 atom stereocenters. The van der Waals surface area contributed by atoms with Gasteiger partial charge in [-0.1, -0.05) is 53.2 Å². The summed E-state index contributed by atoms with van der Waals surface area (Å²) < 4.78 is 14.9. The summed E-state index contributed by atoms with van der Waals surface area (Å²) in [5.74, 6) is -0.219. The van der Waals surface area contributed by atoms with E-state index in [2.05, 4.69) is 10.3 Å². The van der Waals surface area contributed by atoms with Gasteiger partial charge in [-0.15, -0.1) is 11.8 Å². The highest BCUT2D eigenvalue weighted by Gasteiger charge is 2.14. The van der Waals surface area contributed by atoms with Gasteiger partial charge in [-0.3, -0.25) is 14.2 Å². The lowest BCUT2D eigenvalue weighted by atomic mass is 10.1. The molecule has 10 heteroatoms. The van der Waals surface area contributed by atoms with E-state index < -0.39 is 0 Å². The third-order valence-electron chi connectivity index (χ3n) is 5.07. The molecule has 180 valence electrons. The van der Waals surface area contributed by atoms with Crippen LogP contribution in [-0.2, 0) is 11.2 Å². The summed E-state index contributed by atoms with van der Waals surface area (Å²) in [6, 6.07) is 18.1. The van der Waals surface area contributed by atoms with Crippen molar-refractivity contribution in [3.63, 3.8) is 0 Å². The Balaban J connectivity index is 1.37. The minimum absolute atomic E-state index is 0.0944. The summed E-state index contributed by atoms with van der Waals surface area (Å²) in [6.45, 7) is 0.463. The molecular weight excluding hydrogens is 528 g/mol. The molecule has 0 fully saturated rings. The van der Waals surface area contributed by atoms with Crippen LogP contribution in [0.2, 0.25) is 10.0 Å². The average Bonchev–Trinajstić information content (AvgIpc) is 2.84. The monoisotopic (exact) mass is 547 g/mol. The van der Waals surface area contributed by atoms with Crippen LogP contribution in [-0.4, -0.2) is 32.8 Å². The second kappa shape index (κ2) is 11.9. The highest BCUT2D eigenvalue weighted by Crippen LogP contribution is 2.25. The minimum atomic E-state index is -0.385. The Bertz CT molecular complexity index is 1410. The molecule has 0 saturated heterocycles.